The fourth-order valence-electron chi connectivity index (χ4n) is 3.22. The lowest BCUT2D eigenvalue weighted by Crippen LogP contribution is -2.48. The van der Waals surface area contributed by atoms with Gasteiger partial charge in [-0.3, -0.25) is 9.89 Å². The van der Waals surface area contributed by atoms with Gasteiger partial charge < -0.3 is 25.4 Å². The molecule has 158 valence electrons. The molecule has 0 saturated carbocycles. The number of β-amino-alcohol motifs (C(OH)–C–C–N with tert-alkyl or cyclic N) is 1. The summed E-state index contributed by atoms with van der Waals surface area (Å²) in [5.41, 5.74) is 0.370. The molecule has 7 nitrogen and oxygen atoms in total. The Morgan fingerprint density at radius 3 is 2.64 bits per heavy atom. The summed E-state index contributed by atoms with van der Waals surface area (Å²) in [6.07, 6.45) is 1.000. The summed E-state index contributed by atoms with van der Waals surface area (Å²) in [6, 6.07) is 10.4. The van der Waals surface area contributed by atoms with E-state index in [4.69, 9.17) is 4.74 Å². The van der Waals surface area contributed by atoms with Gasteiger partial charge in [-0.15, -0.1) is 0 Å². The van der Waals surface area contributed by atoms with Gasteiger partial charge in [0.1, 0.15) is 0 Å². The molecule has 0 aromatic heterocycles. The maximum atomic E-state index is 10.7. The van der Waals surface area contributed by atoms with Gasteiger partial charge in [0.25, 0.3) is 0 Å². The van der Waals surface area contributed by atoms with Gasteiger partial charge in [0.05, 0.1) is 25.4 Å². The van der Waals surface area contributed by atoms with Crippen LogP contribution in [-0.4, -0.2) is 87.6 Å². The van der Waals surface area contributed by atoms with E-state index in [1.807, 2.05) is 19.9 Å². The van der Waals surface area contributed by atoms with Crippen LogP contribution in [0.3, 0.4) is 0 Å². The summed E-state index contributed by atoms with van der Waals surface area (Å²) in [7, 11) is 2.11. The summed E-state index contributed by atoms with van der Waals surface area (Å²) in [5.74, 6) is 0.757. The number of aliphatic imine (C=N–C) groups is 1. The van der Waals surface area contributed by atoms with Crippen molar-refractivity contribution in [3.63, 3.8) is 0 Å². The minimum absolute atomic E-state index is 0.365. The van der Waals surface area contributed by atoms with Crippen LogP contribution in [0.4, 0.5) is 5.69 Å². The van der Waals surface area contributed by atoms with Crippen LogP contribution >= 0.6 is 0 Å². The van der Waals surface area contributed by atoms with Gasteiger partial charge in [0.2, 0.25) is 0 Å². The van der Waals surface area contributed by atoms with Crippen LogP contribution in [-0.2, 0) is 4.74 Å². The molecule has 1 aromatic carbocycles. The van der Waals surface area contributed by atoms with Gasteiger partial charge in [-0.1, -0.05) is 18.2 Å². The first kappa shape index (κ1) is 22.5. The number of nitrogens with zero attached hydrogens (tertiary/aromatic N) is 3. The number of anilines is 1. The third kappa shape index (κ3) is 8.46. The van der Waals surface area contributed by atoms with Crippen LogP contribution in [0.5, 0.6) is 0 Å². The Labute approximate surface area is 169 Å². The second kappa shape index (κ2) is 11.9. The number of benzene rings is 1. The smallest absolute Gasteiger partial charge is 0.191 e. The van der Waals surface area contributed by atoms with E-state index in [0.717, 1.165) is 58.3 Å². The molecule has 3 N–H and O–H groups in total. The standard InChI is InChI=1S/C21H37N5O2/c1-4-22-20(23-11-8-12-25(3)19-9-6-5-7-10-19)24-17-21(2,27)18-26-13-15-28-16-14-26/h5-7,9-10,27H,4,8,11-18H2,1-3H3,(H2,22,23,24). The molecule has 1 atom stereocenters. The average Bonchev–Trinajstić information content (AvgIpc) is 2.70. The fourth-order valence-corrected chi connectivity index (χ4v) is 3.22. The molecule has 2 rings (SSSR count). The first-order valence-corrected chi connectivity index (χ1v) is 10.3. The highest BCUT2D eigenvalue weighted by Crippen LogP contribution is 2.11. The number of hydrogen-bond acceptors (Lipinski definition) is 5. The number of guanidine groups is 1. The highest BCUT2D eigenvalue weighted by atomic mass is 16.5. The molecule has 1 fully saturated rings. The van der Waals surface area contributed by atoms with Crippen molar-refractivity contribution < 1.29 is 9.84 Å². The van der Waals surface area contributed by atoms with E-state index in [9.17, 15) is 5.11 Å². The van der Waals surface area contributed by atoms with Crippen molar-refractivity contribution >= 4 is 11.6 Å². The van der Waals surface area contributed by atoms with Gasteiger partial charge in [-0.05, 0) is 32.4 Å². The van der Waals surface area contributed by atoms with E-state index in [0.29, 0.717) is 13.1 Å². The van der Waals surface area contributed by atoms with E-state index in [2.05, 4.69) is 56.7 Å². The molecule has 1 aliphatic rings. The van der Waals surface area contributed by atoms with E-state index in [1.54, 1.807) is 0 Å². The monoisotopic (exact) mass is 391 g/mol. The lowest BCUT2D eigenvalue weighted by Gasteiger charge is -2.33. The minimum atomic E-state index is -0.854. The van der Waals surface area contributed by atoms with Gasteiger partial charge in [0, 0.05) is 52.0 Å². The maximum absolute atomic E-state index is 10.7. The molecule has 1 heterocycles. The molecule has 0 aliphatic carbocycles. The first-order valence-electron chi connectivity index (χ1n) is 10.3. The molecular weight excluding hydrogens is 354 g/mol. The molecule has 0 bridgehead atoms. The lowest BCUT2D eigenvalue weighted by atomic mass is 10.1. The summed E-state index contributed by atoms with van der Waals surface area (Å²) in [4.78, 5) is 9.08. The summed E-state index contributed by atoms with van der Waals surface area (Å²) in [5, 5.41) is 17.3. The van der Waals surface area contributed by atoms with E-state index < -0.39 is 5.60 Å². The summed E-state index contributed by atoms with van der Waals surface area (Å²) < 4.78 is 5.37. The summed E-state index contributed by atoms with van der Waals surface area (Å²) >= 11 is 0. The first-order chi connectivity index (χ1) is 13.5. The lowest BCUT2D eigenvalue weighted by molar-refractivity contribution is -0.0179. The molecule has 7 heteroatoms. The van der Waals surface area contributed by atoms with Gasteiger partial charge in [-0.2, -0.15) is 0 Å². The van der Waals surface area contributed by atoms with Crippen LogP contribution in [0.15, 0.2) is 35.3 Å². The van der Waals surface area contributed by atoms with E-state index >= 15 is 0 Å². The highest BCUT2D eigenvalue weighted by molar-refractivity contribution is 5.79. The van der Waals surface area contributed by atoms with Crippen LogP contribution in [0.25, 0.3) is 0 Å². The van der Waals surface area contributed by atoms with Crippen molar-refractivity contribution in [3.8, 4) is 0 Å². The van der Waals surface area contributed by atoms with Crippen molar-refractivity contribution in [2.75, 3.05) is 71.0 Å². The van der Waals surface area contributed by atoms with Crippen LogP contribution < -0.4 is 15.5 Å². The van der Waals surface area contributed by atoms with Crippen molar-refractivity contribution in [2.24, 2.45) is 4.99 Å². The average molecular weight is 392 g/mol. The van der Waals surface area contributed by atoms with Crippen molar-refractivity contribution in [2.45, 2.75) is 25.9 Å². The predicted molar refractivity (Wildman–Crippen MR) is 116 cm³/mol. The number of hydrogen-bond donors (Lipinski definition) is 3. The van der Waals surface area contributed by atoms with Crippen molar-refractivity contribution in [1.82, 2.24) is 15.5 Å². The maximum Gasteiger partial charge on any atom is 0.191 e. The fraction of sp³-hybridized carbons (Fsp3) is 0.667. The van der Waals surface area contributed by atoms with Gasteiger partial charge >= 0.3 is 0 Å². The Kier molecular flexibility index (Phi) is 9.54. The number of para-hydroxylation sites is 1. The Balaban J connectivity index is 1.74. The molecular formula is C21H37N5O2. The second-order valence-electron chi connectivity index (χ2n) is 7.62. The SMILES string of the molecule is CCNC(=NCC(C)(O)CN1CCOCC1)NCCCN(C)c1ccccc1. The van der Waals surface area contributed by atoms with Gasteiger partial charge in [0.15, 0.2) is 5.96 Å². The number of aliphatic hydroxyl groups is 1. The molecule has 1 unspecified atom stereocenters. The molecule has 28 heavy (non-hydrogen) atoms. The Morgan fingerprint density at radius 1 is 1.25 bits per heavy atom. The summed E-state index contributed by atoms with van der Waals surface area (Å²) in [6.45, 7) is 10.7. The Bertz CT molecular complexity index is 573. The Morgan fingerprint density at radius 2 is 1.96 bits per heavy atom. The number of ether oxygens (including phenoxy) is 1. The highest BCUT2D eigenvalue weighted by Gasteiger charge is 2.25. The number of morpholine rings is 1. The van der Waals surface area contributed by atoms with E-state index in [1.165, 1.54) is 5.69 Å². The van der Waals surface area contributed by atoms with Crippen LogP contribution in [0, 0.1) is 0 Å². The third-order valence-electron chi connectivity index (χ3n) is 4.75. The van der Waals surface area contributed by atoms with E-state index in [-0.39, 0.29) is 0 Å². The van der Waals surface area contributed by atoms with Crippen LogP contribution in [0.1, 0.15) is 20.3 Å². The molecule has 0 spiro atoms. The third-order valence-corrected chi connectivity index (χ3v) is 4.75. The second-order valence-corrected chi connectivity index (χ2v) is 7.62. The molecule has 1 saturated heterocycles. The van der Waals surface area contributed by atoms with Crippen molar-refractivity contribution in [3.05, 3.63) is 30.3 Å². The molecule has 1 aliphatic heterocycles. The quantitative estimate of drug-likeness (QED) is 0.316. The largest absolute Gasteiger partial charge is 0.387 e. The topological polar surface area (TPSA) is 72.4 Å². The van der Waals surface area contributed by atoms with Gasteiger partial charge in [-0.25, -0.2) is 0 Å². The molecule has 0 radical (unpaired) electrons. The van der Waals surface area contributed by atoms with Crippen molar-refractivity contribution in [1.29, 1.82) is 0 Å². The number of rotatable bonds is 10. The van der Waals surface area contributed by atoms with Crippen LogP contribution in [0.2, 0.25) is 0 Å². The Hall–Kier alpha value is -1.83. The predicted octanol–water partition coefficient (Wildman–Crippen LogP) is 1.15. The molecule has 0 amide bonds. The number of nitrogens with one attached hydrogen (secondary N) is 2. The molecule has 1 aromatic rings. The zero-order valence-corrected chi connectivity index (χ0v) is 17.7. The minimum Gasteiger partial charge on any atom is -0.387 e. The zero-order valence-electron chi connectivity index (χ0n) is 17.7. The normalized spacial score (nSPS) is 17.8. The zero-order chi connectivity index (χ0) is 20.2.